The summed E-state index contributed by atoms with van der Waals surface area (Å²) in [6.45, 7) is 3.71. The third-order valence-electron chi connectivity index (χ3n) is 6.47. The first kappa shape index (κ1) is 25.5. The lowest BCUT2D eigenvalue weighted by molar-refractivity contribution is -0.122. The van der Waals surface area contributed by atoms with E-state index in [1.807, 2.05) is 12.1 Å². The number of aromatic nitrogens is 2. The van der Waals surface area contributed by atoms with Crippen LogP contribution in [-0.2, 0) is 11.3 Å². The fourth-order valence-electron chi connectivity index (χ4n) is 4.52. The molecule has 2 amide bonds. The minimum atomic E-state index is -1.16. The Balaban J connectivity index is 1.53. The number of anilines is 1. The van der Waals surface area contributed by atoms with Crippen LogP contribution in [0.25, 0.3) is 11.5 Å². The average molecular weight is 545 g/mol. The number of amides is 2. The molecule has 1 aliphatic heterocycles. The Morgan fingerprint density at radius 2 is 2.03 bits per heavy atom. The third kappa shape index (κ3) is 5.75. The summed E-state index contributed by atoms with van der Waals surface area (Å²) in [6, 6.07) is 10.2. The number of halogens is 2. The van der Waals surface area contributed by atoms with Crippen LogP contribution in [0, 0.1) is 11.7 Å². The van der Waals surface area contributed by atoms with E-state index in [0.717, 1.165) is 18.4 Å². The van der Waals surface area contributed by atoms with Gasteiger partial charge in [-0.25, -0.2) is 9.18 Å². The summed E-state index contributed by atoms with van der Waals surface area (Å²) in [4.78, 5) is 31.9. The van der Waals surface area contributed by atoms with Crippen molar-refractivity contribution in [2.75, 3.05) is 10.7 Å². The van der Waals surface area contributed by atoms with Crippen molar-refractivity contribution in [1.29, 1.82) is 0 Å². The van der Waals surface area contributed by atoms with Gasteiger partial charge in [0, 0.05) is 27.1 Å². The molecule has 2 aliphatic rings. The van der Waals surface area contributed by atoms with Crippen molar-refractivity contribution in [2.45, 2.75) is 56.0 Å². The van der Waals surface area contributed by atoms with E-state index in [2.05, 4.69) is 15.5 Å². The first-order chi connectivity index (χ1) is 17.6. The lowest BCUT2D eigenvalue weighted by atomic mass is 9.90. The van der Waals surface area contributed by atoms with Gasteiger partial charge in [-0.3, -0.25) is 4.79 Å². The second-order valence-corrected chi connectivity index (χ2v) is 11.6. The van der Waals surface area contributed by atoms with Crippen molar-refractivity contribution < 1.29 is 23.6 Å². The van der Waals surface area contributed by atoms with E-state index in [4.69, 9.17) is 16.1 Å². The molecule has 5 rings (SSSR count). The molecule has 2 N–H and O–H groups in total. The van der Waals surface area contributed by atoms with Gasteiger partial charge in [-0.2, -0.15) is 4.98 Å². The van der Waals surface area contributed by atoms with Gasteiger partial charge in [0.15, 0.2) is 5.82 Å². The molecule has 11 heteroatoms. The summed E-state index contributed by atoms with van der Waals surface area (Å²) in [5, 5.41) is 16.3. The lowest BCUT2D eigenvalue weighted by Crippen LogP contribution is -2.47. The molecule has 1 atom stereocenters. The van der Waals surface area contributed by atoms with Crippen LogP contribution in [0.15, 0.2) is 45.8 Å². The quantitative estimate of drug-likeness (QED) is 0.370. The van der Waals surface area contributed by atoms with Gasteiger partial charge in [0.05, 0.1) is 23.7 Å². The predicted molar refractivity (Wildman–Crippen MR) is 138 cm³/mol. The summed E-state index contributed by atoms with van der Waals surface area (Å²) in [5.74, 6) is 0.0792. The number of rotatable bonds is 7. The van der Waals surface area contributed by atoms with Crippen LogP contribution in [0.2, 0.25) is 5.02 Å². The van der Waals surface area contributed by atoms with Crippen LogP contribution < -0.4 is 10.2 Å². The lowest BCUT2D eigenvalue weighted by Gasteiger charge is -2.31. The highest BCUT2D eigenvalue weighted by Gasteiger charge is 2.37. The number of nitrogens with zero attached hydrogens (tertiary/aromatic N) is 3. The molecule has 8 nitrogen and oxygen atoms in total. The molecule has 1 fully saturated rings. The van der Waals surface area contributed by atoms with E-state index < -0.39 is 23.4 Å². The molecule has 1 aromatic heterocycles. The number of carbonyl (C=O) groups excluding carboxylic acids is 1. The van der Waals surface area contributed by atoms with E-state index in [1.165, 1.54) is 17.8 Å². The maximum absolute atomic E-state index is 15.3. The molecule has 2 aromatic carbocycles. The normalized spacial score (nSPS) is 17.9. The minimum absolute atomic E-state index is 0.0821. The Kier molecular flexibility index (Phi) is 6.89. The third-order valence-corrected chi connectivity index (χ3v) is 7.92. The van der Waals surface area contributed by atoms with Crippen LogP contribution in [0.5, 0.6) is 0 Å². The van der Waals surface area contributed by atoms with Crippen LogP contribution >= 0.6 is 23.4 Å². The SMILES string of the molecule is CC(C)(C[C@H]1CSc2cc(F)c(-c3nc(C4CC4)no3)cc2N(Cc2ccc(Cl)cc2)C1=O)NC(=O)O. The summed E-state index contributed by atoms with van der Waals surface area (Å²) in [7, 11) is 0. The molecule has 0 radical (unpaired) electrons. The van der Waals surface area contributed by atoms with Crippen molar-refractivity contribution in [2.24, 2.45) is 5.92 Å². The van der Waals surface area contributed by atoms with E-state index in [0.29, 0.717) is 27.2 Å². The van der Waals surface area contributed by atoms with Crippen LogP contribution in [-0.4, -0.2) is 38.5 Å². The molecule has 0 unspecified atom stereocenters. The van der Waals surface area contributed by atoms with Crippen LogP contribution in [0.1, 0.15) is 50.4 Å². The number of carbonyl (C=O) groups is 2. The monoisotopic (exact) mass is 544 g/mol. The molecule has 0 saturated heterocycles. The van der Waals surface area contributed by atoms with E-state index in [-0.39, 0.29) is 36.2 Å². The van der Waals surface area contributed by atoms with Crippen molar-refractivity contribution in [1.82, 2.24) is 15.5 Å². The molecule has 0 spiro atoms. The van der Waals surface area contributed by atoms with E-state index in [9.17, 15) is 14.7 Å². The molecule has 194 valence electrons. The fourth-order valence-corrected chi connectivity index (χ4v) is 5.80. The highest BCUT2D eigenvalue weighted by molar-refractivity contribution is 7.99. The summed E-state index contributed by atoms with van der Waals surface area (Å²) < 4.78 is 20.7. The molecular formula is C26H26ClFN4O4S. The Bertz CT molecular complexity index is 1340. The van der Waals surface area contributed by atoms with E-state index >= 15 is 4.39 Å². The number of thioether (sulfide) groups is 1. The van der Waals surface area contributed by atoms with Gasteiger partial charge in [0.1, 0.15) is 5.82 Å². The molecule has 1 saturated carbocycles. The molecule has 37 heavy (non-hydrogen) atoms. The Hall–Kier alpha value is -3.11. The van der Waals surface area contributed by atoms with Crippen molar-refractivity contribution >= 4 is 41.1 Å². The fraction of sp³-hybridized carbons (Fsp3) is 0.385. The summed E-state index contributed by atoms with van der Waals surface area (Å²) in [5.41, 5.74) is 0.684. The first-order valence-electron chi connectivity index (χ1n) is 12.0. The number of hydrogen-bond acceptors (Lipinski definition) is 6. The zero-order valence-corrected chi connectivity index (χ0v) is 21.9. The number of nitrogens with one attached hydrogen (secondary N) is 1. The average Bonchev–Trinajstić information content (AvgIpc) is 3.58. The highest BCUT2D eigenvalue weighted by Crippen LogP contribution is 2.43. The van der Waals surface area contributed by atoms with Crippen molar-refractivity contribution in [3.05, 3.63) is 58.6 Å². The van der Waals surface area contributed by atoms with Gasteiger partial charge >= 0.3 is 6.09 Å². The van der Waals surface area contributed by atoms with Crippen molar-refractivity contribution in [3.8, 4) is 11.5 Å². The molecule has 3 aromatic rings. The second kappa shape index (κ2) is 9.98. The smallest absolute Gasteiger partial charge is 0.405 e. The zero-order valence-electron chi connectivity index (χ0n) is 20.3. The number of fused-ring (bicyclic) bond motifs is 1. The van der Waals surface area contributed by atoms with Gasteiger partial charge in [-0.1, -0.05) is 28.9 Å². The van der Waals surface area contributed by atoms with Gasteiger partial charge in [0.25, 0.3) is 5.89 Å². The van der Waals surface area contributed by atoms with E-state index in [1.54, 1.807) is 36.9 Å². The topological polar surface area (TPSA) is 109 Å². The number of carboxylic acid groups (broad SMARTS) is 1. The van der Waals surface area contributed by atoms with Gasteiger partial charge in [-0.05, 0) is 62.9 Å². The maximum Gasteiger partial charge on any atom is 0.405 e. The zero-order chi connectivity index (χ0) is 26.3. The summed E-state index contributed by atoms with van der Waals surface area (Å²) in [6.07, 6.45) is 1.09. The highest BCUT2D eigenvalue weighted by atomic mass is 35.5. The van der Waals surface area contributed by atoms with Gasteiger partial charge in [-0.15, -0.1) is 11.8 Å². The second-order valence-electron chi connectivity index (χ2n) is 10.1. The molecule has 0 bridgehead atoms. The van der Waals surface area contributed by atoms with Gasteiger partial charge < -0.3 is 19.8 Å². The summed E-state index contributed by atoms with van der Waals surface area (Å²) >= 11 is 7.43. The standard InChI is InChI=1S/C26H26ClFN4O4S/c1-26(2,30-25(34)35)11-16-13-37-21-10-19(28)18(23-29-22(31-36-23)15-5-6-15)9-20(21)32(24(16)33)12-14-3-7-17(27)8-4-14/h3-4,7-10,15-16,30H,5-6,11-13H2,1-2H3,(H,34,35)/t16-/m0/s1. The molecule has 2 heterocycles. The van der Waals surface area contributed by atoms with Crippen molar-refractivity contribution in [3.63, 3.8) is 0 Å². The van der Waals surface area contributed by atoms with Gasteiger partial charge in [0.2, 0.25) is 5.91 Å². The Morgan fingerprint density at radius 3 is 2.70 bits per heavy atom. The number of hydrogen-bond donors (Lipinski definition) is 2. The van der Waals surface area contributed by atoms with Crippen LogP contribution in [0.3, 0.4) is 0 Å². The Labute approximate surface area is 222 Å². The van der Waals surface area contributed by atoms with Crippen LogP contribution in [0.4, 0.5) is 14.9 Å². The number of benzene rings is 2. The molecular weight excluding hydrogens is 519 g/mol. The molecule has 1 aliphatic carbocycles. The minimum Gasteiger partial charge on any atom is -0.465 e. The maximum atomic E-state index is 15.3. The predicted octanol–water partition coefficient (Wildman–Crippen LogP) is 6.10. The Morgan fingerprint density at radius 1 is 1.30 bits per heavy atom. The first-order valence-corrected chi connectivity index (χ1v) is 13.3. The largest absolute Gasteiger partial charge is 0.465 e.